The molecule has 0 radical (unpaired) electrons. The number of nitrogens with zero attached hydrogens (tertiary/aromatic N) is 2. The molecule has 0 bridgehead atoms. The molecule has 2 N–H and O–H groups in total. The van der Waals surface area contributed by atoms with Crippen LogP contribution in [0.15, 0.2) is 12.4 Å². The van der Waals surface area contributed by atoms with E-state index >= 15 is 0 Å². The van der Waals surface area contributed by atoms with E-state index in [9.17, 15) is 0 Å². The fraction of sp³-hybridized carbons (Fsp3) is 0.667. The van der Waals surface area contributed by atoms with Gasteiger partial charge < -0.3 is 10.5 Å². The van der Waals surface area contributed by atoms with E-state index in [4.69, 9.17) is 10.5 Å². The summed E-state index contributed by atoms with van der Waals surface area (Å²) in [5.41, 5.74) is 6.27. The molecule has 0 saturated heterocycles. The number of hydrogen-bond donors (Lipinski definition) is 1. The number of aromatic nitrogens is 2. The van der Waals surface area contributed by atoms with Crippen LogP contribution in [0.1, 0.15) is 44.7 Å². The molecule has 0 unspecified atom stereocenters. The van der Waals surface area contributed by atoms with Crippen LogP contribution >= 0.6 is 0 Å². The van der Waals surface area contributed by atoms with Crippen molar-refractivity contribution in [3.8, 4) is 5.88 Å². The van der Waals surface area contributed by atoms with E-state index in [0.29, 0.717) is 19.0 Å². The highest BCUT2D eigenvalue weighted by Crippen LogP contribution is 2.11. The molecule has 4 nitrogen and oxygen atoms in total. The summed E-state index contributed by atoms with van der Waals surface area (Å²) in [6.07, 6.45) is 9.40. The van der Waals surface area contributed by atoms with E-state index in [1.165, 1.54) is 25.7 Å². The highest BCUT2D eigenvalue weighted by Gasteiger charge is 2.03. The van der Waals surface area contributed by atoms with E-state index in [-0.39, 0.29) is 0 Å². The first kappa shape index (κ1) is 12.9. The molecular weight excluding hydrogens is 202 g/mol. The summed E-state index contributed by atoms with van der Waals surface area (Å²) < 4.78 is 5.55. The van der Waals surface area contributed by atoms with Crippen LogP contribution in [0.2, 0.25) is 0 Å². The Morgan fingerprint density at radius 3 is 2.62 bits per heavy atom. The maximum atomic E-state index is 5.55. The van der Waals surface area contributed by atoms with Crippen molar-refractivity contribution in [1.29, 1.82) is 0 Å². The number of rotatable bonds is 8. The minimum atomic E-state index is 0.374. The lowest BCUT2D eigenvalue weighted by Gasteiger charge is -2.07. The van der Waals surface area contributed by atoms with Crippen molar-refractivity contribution in [2.75, 3.05) is 6.61 Å². The summed E-state index contributed by atoms with van der Waals surface area (Å²) in [5, 5.41) is 0. The average Bonchev–Trinajstić information content (AvgIpc) is 2.34. The fourth-order valence-corrected chi connectivity index (χ4v) is 1.49. The van der Waals surface area contributed by atoms with Crippen LogP contribution in [0, 0.1) is 0 Å². The zero-order chi connectivity index (χ0) is 11.6. The Morgan fingerprint density at radius 2 is 1.88 bits per heavy atom. The molecule has 0 fully saturated rings. The van der Waals surface area contributed by atoms with Crippen LogP contribution in [0.4, 0.5) is 0 Å². The second-order valence-electron chi connectivity index (χ2n) is 3.77. The smallest absolute Gasteiger partial charge is 0.236 e. The molecular formula is C12H21N3O. The lowest BCUT2D eigenvalue weighted by atomic mass is 10.2. The van der Waals surface area contributed by atoms with Crippen LogP contribution in [0.25, 0.3) is 0 Å². The third-order valence-electron chi connectivity index (χ3n) is 2.42. The lowest BCUT2D eigenvalue weighted by molar-refractivity contribution is 0.288. The van der Waals surface area contributed by atoms with Gasteiger partial charge in [0.25, 0.3) is 0 Å². The first-order chi connectivity index (χ1) is 7.88. The standard InChI is InChI=1S/C12H21N3O/c1-2-3-4-5-6-9-16-12-11(10-13)14-7-8-15-12/h7-8H,2-6,9-10,13H2,1H3. The van der Waals surface area contributed by atoms with Crippen LogP contribution in [0.3, 0.4) is 0 Å². The van der Waals surface area contributed by atoms with E-state index in [1.54, 1.807) is 12.4 Å². The molecule has 0 saturated carbocycles. The van der Waals surface area contributed by atoms with Crippen molar-refractivity contribution in [2.24, 2.45) is 5.73 Å². The van der Waals surface area contributed by atoms with Gasteiger partial charge in [-0.2, -0.15) is 0 Å². The van der Waals surface area contributed by atoms with Gasteiger partial charge in [0.15, 0.2) is 0 Å². The van der Waals surface area contributed by atoms with Gasteiger partial charge in [0.05, 0.1) is 6.61 Å². The van der Waals surface area contributed by atoms with E-state index in [0.717, 1.165) is 12.1 Å². The Bertz CT molecular complexity index is 291. The lowest BCUT2D eigenvalue weighted by Crippen LogP contribution is -2.07. The van der Waals surface area contributed by atoms with Crippen molar-refractivity contribution in [1.82, 2.24) is 9.97 Å². The quantitative estimate of drug-likeness (QED) is 0.687. The molecule has 4 heteroatoms. The average molecular weight is 223 g/mol. The predicted molar refractivity (Wildman–Crippen MR) is 64.2 cm³/mol. The summed E-state index contributed by atoms with van der Waals surface area (Å²) in [6.45, 7) is 3.29. The van der Waals surface area contributed by atoms with Crippen molar-refractivity contribution in [2.45, 2.75) is 45.6 Å². The van der Waals surface area contributed by atoms with Gasteiger partial charge in [-0.15, -0.1) is 0 Å². The summed E-state index contributed by atoms with van der Waals surface area (Å²) in [7, 11) is 0. The Morgan fingerprint density at radius 1 is 1.12 bits per heavy atom. The number of unbranched alkanes of at least 4 members (excludes halogenated alkanes) is 4. The zero-order valence-electron chi connectivity index (χ0n) is 9.98. The zero-order valence-corrected chi connectivity index (χ0v) is 9.98. The fourth-order valence-electron chi connectivity index (χ4n) is 1.49. The highest BCUT2D eigenvalue weighted by molar-refractivity contribution is 5.16. The Labute approximate surface area is 97.2 Å². The summed E-state index contributed by atoms with van der Waals surface area (Å²) >= 11 is 0. The number of hydrogen-bond acceptors (Lipinski definition) is 4. The van der Waals surface area contributed by atoms with Gasteiger partial charge in [-0.25, -0.2) is 4.98 Å². The maximum absolute atomic E-state index is 5.55. The third kappa shape index (κ3) is 4.57. The van der Waals surface area contributed by atoms with Crippen LogP contribution in [0.5, 0.6) is 5.88 Å². The SMILES string of the molecule is CCCCCCCOc1nccnc1CN. The van der Waals surface area contributed by atoms with E-state index in [2.05, 4.69) is 16.9 Å². The number of nitrogens with two attached hydrogens (primary N) is 1. The van der Waals surface area contributed by atoms with Crippen LogP contribution < -0.4 is 10.5 Å². The molecule has 0 aliphatic rings. The highest BCUT2D eigenvalue weighted by atomic mass is 16.5. The third-order valence-corrected chi connectivity index (χ3v) is 2.42. The van der Waals surface area contributed by atoms with Crippen LogP contribution in [-0.2, 0) is 6.54 Å². The minimum absolute atomic E-state index is 0.374. The summed E-state index contributed by atoms with van der Waals surface area (Å²) in [4.78, 5) is 8.23. The molecule has 1 rings (SSSR count). The monoisotopic (exact) mass is 223 g/mol. The van der Waals surface area contributed by atoms with E-state index in [1.807, 2.05) is 0 Å². The molecule has 1 aromatic rings. The summed E-state index contributed by atoms with van der Waals surface area (Å²) in [5.74, 6) is 0.584. The van der Waals surface area contributed by atoms with Crippen LogP contribution in [-0.4, -0.2) is 16.6 Å². The molecule has 1 heterocycles. The first-order valence-electron chi connectivity index (χ1n) is 6.01. The molecule has 90 valence electrons. The topological polar surface area (TPSA) is 61.0 Å². The van der Waals surface area contributed by atoms with Gasteiger partial charge in [0, 0.05) is 18.9 Å². The van der Waals surface area contributed by atoms with Crippen molar-refractivity contribution >= 4 is 0 Å². The molecule has 0 aliphatic heterocycles. The molecule has 0 amide bonds. The van der Waals surface area contributed by atoms with Crippen molar-refractivity contribution in [3.05, 3.63) is 18.1 Å². The summed E-state index contributed by atoms with van der Waals surface area (Å²) in [6, 6.07) is 0. The predicted octanol–water partition coefficient (Wildman–Crippen LogP) is 2.28. The van der Waals surface area contributed by atoms with Gasteiger partial charge in [0.1, 0.15) is 5.69 Å². The molecule has 0 aliphatic carbocycles. The second-order valence-corrected chi connectivity index (χ2v) is 3.77. The Kier molecular flexibility index (Phi) is 6.49. The Hall–Kier alpha value is -1.16. The molecule has 0 aromatic carbocycles. The second kappa shape index (κ2) is 8.05. The van der Waals surface area contributed by atoms with E-state index < -0.39 is 0 Å². The largest absolute Gasteiger partial charge is 0.476 e. The van der Waals surface area contributed by atoms with Gasteiger partial charge >= 0.3 is 0 Å². The molecule has 1 aromatic heterocycles. The van der Waals surface area contributed by atoms with Gasteiger partial charge in [-0.05, 0) is 6.42 Å². The van der Waals surface area contributed by atoms with Gasteiger partial charge in [-0.1, -0.05) is 32.6 Å². The molecule has 16 heavy (non-hydrogen) atoms. The maximum Gasteiger partial charge on any atom is 0.236 e. The van der Waals surface area contributed by atoms with Crippen molar-refractivity contribution < 1.29 is 4.74 Å². The first-order valence-corrected chi connectivity index (χ1v) is 6.01. The molecule has 0 spiro atoms. The number of ether oxygens (including phenoxy) is 1. The minimum Gasteiger partial charge on any atom is -0.476 e. The van der Waals surface area contributed by atoms with Crippen molar-refractivity contribution in [3.63, 3.8) is 0 Å². The molecule has 0 atom stereocenters. The van der Waals surface area contributed by atoms with Gasteiger partial charge in [0.2, 0.25) is 5.88 Å². The van der Waals surface area contributed by atoms with Gasteiger partial charge in [-0.3, -0.25) is 4.98 Å². The normalized spacial score (nSPS) is 10.4. The Balaban J connectivity index is 2.21.